The zero-order valence-corrected chi connectivity index (χ0v) is 13.5. The van der Waals surface area contributed by atoms with Crippen molar-refractivity contribution >= 4 is 10.9 Å². The van der Waals surface area contributed by atoms with Crippen molar-refractivity contribution in [3.05, 3.63) is 89.7 Å². The Hall–Kier alpha value is -3.07. The highest BCUT2D eigenvalue weighted by Crippen LogP contribution is 2.18. The van der Waals surface area contributed by atoms with Gasteiger partial charge in [0.25, 0.3) is 0 Å². The Morgan fingerprint density at radius 3 is 2.50 bits per heavy atom. The highest BCUT2D eigenvalue weighted by atomic mass is 14.9. The molecule has 4 aromatic rings. The first-order valence-corrected chi connectivity index (χ1v) is 8.01. The fourth-order valence-corrected chi connectivity index (χ4v) is 2.71. The SMILES string of the molecule is Cc1ccc(Cc2cccc(-c3ncc4ccccc4n3)n2)cc1. The molecule has 2 aromatic heterocycles. The van der Waals surface area contributed by atoms with Gasteiger partial charge in [0.15, 0.2) is 5.82 Å². The van der Waals surface area contributed by atoms with E-state index in [-0.39, 0.29) is 0 Å². The number of aryl methyl sites for hydroxylation is 1. The molecule has 0 aliphatic carbocycles. The summed E-state index contributed by atoms with van der Waals surface area (Å²) in [6.45, 7) is 2.10. The van der Waals surface area contributed by atoms with Crippen LogP contribution in [-0.4, -0.2) is 15.0 Å². The van der Waals surface area contributed by atoms with Gasteiger partial charge in [-0.1, -0.05) is 54.1 Å². The number of rotatable bonds is 3. The average molecular weight is 311 g/mol. The third kappa shape index (κ3) is 3.01. The number of benzene rings is 2. The van der Waals surface area contributed by atoms with Crippen molar-refractivity contribution in [1.29, 1.82) is 0 Å². The van der Waals surface area contributed by atoms with E-state index in [0.717, 1.165) is 28.7 Å². The molecule has 0 spiro atoms. The second-order valence-corrected chi connectivity index (χ2v) is 5.93. The van der Waals surface area contributed by atoms with Crippen LogP contribution >= 0.6 is 0 Å². The summed E-state index contributed by atoms with van der Waals surface area (Å²) in [4.78, 5) is 13.8. The van der Waals surface area contributed by atoms with E-state index in [9.17, 15) is 0 Å². The number of fused-ring (bicyclic) bond motifs is 1. The molecule has 24 heavy (non-hydrogen) atoms. The molecule has 4 rings (SSSR count). The van der Waals surface area contributed by atoms with Crippen molar-refractivity contribution in [3.63, 3.8) is 0 Å². The summed E-state index contributed by atoms with van der Waals surface area (Å²) in [5.74, 6) is 0.666. The normalized spacial score (nSPS) is 10.9. The number of para-hydroxylation sites is 1. The molecule has 0 radical (unpaired) electrons. The van der Waals surface area contributed by atoms with Gasteiger partial charge in [0.2, 0.25) is 0 Å². The molecule has 2 aromatic carbocycles. The van der Waals surface area contributed by atoms with Crippen LogP contribution in [0.5, 0.6) is 0 Å². The standard InChI is InChI=1S/C21H17N3/c1-15-9-11-16(12-10-15)13-18-6-4-8-20(23-18)21-22-14-17-5-2-3-7-19(17)24-21/h2-12,14H,13H2,1H3. The van der Waals surface area contributed by atoms with E-state index in [1.54, 1.807) is 0 Å². The molecule has 2 heterocycles. The average Bonchev–Trinajstić information content (AvgIpc) is 2.63. The van der Waals surface area contributed by atoms with Crippen molar-refractivity contribution in [3.8, 4) is 11.5 Å². The van der Waals surface area contributed by atoms with Crippen molar-refractivity contribution in [1.82, 2.24) is 15.0 Å². The van der Waals surface area contributed by atoms with E-state index in [2.05, 4.69) is 41.2 Å². The van der Waals surface area contributed by atoms with Gasteiger partial charge < -0.3 is 0 Å². The largest absolute Gasteiger partial charge is 0.249 e. The highest BCUT2D eigenvalue weighted by Gasteiger charge is 2.06. The van der Waals surface area contributed by atoms with E-state index in [1.807, 2.05) is 48.7 Å². The molecular formula is C21H17N3. The first kappa shape index (κ1) is 14.5. The smallest absolute Gasteiger partial charge is 0.178 e. The fraction of sp³-hybridized carbons (Fsp3) is 0.0952. The van der Waals surface area contributed by atoms with Crippen LogP contribution in [0.1, 0.15) is 16.8 Å². The molecule has 0 atom stereocenters. The fourth-order valence-electron chi connectivity index (χ4n) is 2.71. The van der Waals surface area contributed by atoms with Gasteiger partial charge in [-0.2, -0.15) is 0 Å². The first-order valence-electron chi connectivity index (χ1n) is 8.01. The van der Waals surface area contributed by atoms with Crippen molar-refractivity contribution in [2.45, 2.75) is 13.3 Å². The third-order valence-electron chi connectivity index (χ3n) is 4.03. The summed E-state index contributed by atoms with van der Waals surface area (Å²) in [5.41, 5.74) is 5.29. The first-order chi connectivity index (χ1) is 11.8. The lowest BCUT2D eigenvalue weighted by Crippen LogP contribution is -1.97. The van der Waals surface area contributed by atoms with E-state index < -0.39 is 0 Å². The molecule has 116 valence electrons. The second kappa shape index (κ2) is 6.20. The topological polar surface area (TPSA) is 38.7 Å². The molecule has 3 heteroatoms. The second-order valence-electron chi connectivity index (χ2n) is 5.93. The summed E-state index contributed by atoms with van der Waals surface area (Å²) in [6, 6.07) is 22.6. The van der Waals surface area contributed by atoms with Gasteiger partial charge in [-0.15, -0.1) is 0 Å². The van der Waals surface area contributed by atoms with Crippen LogP contribution in [0.15, 0.2) is 72.9 Å². The molecule has 0 amide bonds. The van der Waals surface area contributed by atoms with Crippen molar-refractivity contribution < 1.29 is 0 Å². The van der Waals surface area contributed by atoms with Crippen LogP contribution in [0.3, 0.4) is 0 Å². The van der Waals surface area contributed by atoms with Gasteiger partial charge in [0, 0.05) is 23.7 Å². The molecule has 3 nitrogen and oxygen atoms in total. The summed E-state index contributed by atoms with van der Waals surface area (Å²) < 4.78 is 0. The van der Waals surface area contributed by atoms with Crippen LogP contribution in [-0.2, 0) is 6.42 Å². The van der Waals surface area contributed by atoms with E-state index >= 15 is 0 Å². The molecular weight excluding hydrogens is 294 g/mol. The minimum Gasteiger partial charge on any atom is -0.249 e. The zero-order valence-electron chi connectivity index (χ0n) is 13.5. The lowest BCUT2D eigenvalue weighted by atomic mass is 10.1. The molecule has 0 unspecified atom stereocenters. The van der Waals surface area contributed by atoms with E-state index in [4.69, 9.17) is 4.98 Å². The molecule has 0 saturated carbocycles. The Kier molecular flexibility index (Phi) is 3.75. The van der Waals surface area contributed by atoms with Gasteiger partial charge in [-0.3, -0.25) is 0 Å². The maximum atomic E-state index is 4.74. The molecule has 0 N–H and O–H groups in total. The summed E-state index contributed by atoms with van der Waals surface area (Å²) in [5, 5.41) is 1.04. The number of hydrogen-bond acceptors (Lipinski definition) is 3. The van der Waals surface area contributed by atoms with Gasteiger partial charge in [-0.05, 0) is 30.7 Å². The molecule has 0 saturated heterocycles. The summed E-state index contributed by atoms with van der Waals surface area (Å²) >= 11 is 0. The molecule has 0 fully saturated rings. The Morgan fingerprint density at radius 1 is 0.792 bits per heavy atom. The summed E-state index contributed by atoms with van der Waals surface area (Å²) in [7, 11) is 0. The monoisotopic (exact) mass is 311 g/mol. The maximum absolute atomic E-state index is 4.74. The van der Waals surface area contributed by atoms with Gasteiger partial charge >= 0.3 is 0 Å². The Balaban J connectivity index is 1.67. The quantitative estimate of drug-likeness (QED) is 0.555. The lowest BCUT2D eigenvalue weighted by molar-refractivity contribution is 1.06. The maximum Gasteiger partial charge on any atom is 0.178 e. The van der Waals surface area contributed by atoms with Crippen LogP contribution in [0.25, 0.3) is 22.4 Å². The Bertz CT molecular complexity index is 991. The summed E-state index contributed by atoms with van der Waals surface area (Å²) in [6.07, 6.45) is 2.66. The van der Waals surface area contributed by atoms with Crippen molar-refractivity contribution in [2.75, 3.05) is 0 Å². The predicted octanol–water partition coefficient (Wildman–Crippen LogP) is 4.59. The number of nitrogens with zero attached hydrogens (tertiary/aromatic N) is 3. The number of hydrogen-bond donors (Lipinski definition) is 0. The van der Waals surface area contributed by atoms with Crippen LogP contribution in [0.4, 0.5) is 0 Å². The minimum absolute atomic E-state index is 0.666. The van der Waals surface area contributed by atoms with E-state index in [0.29, 0.717) is 5.82 Å². The van der Waals surface area contributed by atoms with Gasteiger partial charge in [-0.25, -0.2) is 15.0 Å². The van der Waals surface area contributed by atoms with Crippen LogP contribution in [0, 0.1) is 6.92 Å². The molecule has 0 aliphatic heterocycles. The third-order valence-corrected chi connectivity index (χ3v) is 4.03. The highest BCUT2D eigenvalue weighted by molar-refractivity contribution is 5.79. The van der Waals surface area contributed by atoms with Crippen LogP contribution < -0.4 is 0 Å². The van der Waals surface area contributed by atoms with Gasteiger partial charge in [0.1, 0.15) is 5.69 Å². The number of aromatic nitrogens is 3. The van der Waals surface area contributed by atoms with Crippen molar-refractivity contribution in [2.24, 2.45) is 0 Å². The lowest BCUT2D eigenvalue weighted by Gasteiger charge is -2.05. The van der Waals surface area contributed by atoms with Gasteiger partial charge in [0.05, 0.1) is 5.52 Å². The minimum atomic E-state index is 0.666. The Labute approximate surface area is 141 Å². The zero-order chi connectivity index (χ0) is 16.4. The van der Waals surface area contributed by atoms with Crippen LogP contribution in [0.2, 0.25) is 0 Å². The molecule has 0 aliphatic rings. The molecule has 0 bridgehead atoms. The van der Waals surface area contributed by atoms with E-state index in [1.165, 1.54) is 11.1 Å². The Morgan fingerprint density at radius 2 is 1.62 bits per heavy atom. The predicted molar refractivity (Wildman–Crippen MR) is 96.8 cm³/mol. The number of pyridine rings is 1.